The van der Waals surface area contributed by atoms with E-state index in [0.717, 1.165) is 25.6 Å². The number of sulfone groups is 1. The lowest BCUT2D eigenvalue weighted by Crippen LogP contribution is -2.45. The zero-order valence-corrected chi connectivity index (χ0v) is 13.7. The van der Waals surface area contributed by atoms with Crippen LogP contribution in [0.25, 0.3) is 0 Å². The van der Waals surface area contributed by atoms with Crippen LogP contribution in [0.1, 0.15) is 18.4 Å². The lowest BCUT2D eigenvalue weighted by molar-refractivity contribution is 0.428. The maximum Gasteiger partial charge on any atom is 0.241 e. The van der Waals surface area contributed by atoms with Gasteiger partial charge in [-0.25, -0.2) is 21.6 Å². The Balaban J connectivity index is 2.34. The van der Waals surface area contributed by atoms with Gasteiger partial charge in [-0.1, -0.05) is 6.07 Å². The highest BCUT2D eigenvalue weighted by molar-refractivity contribution is 7.91. The minimum Gasteiger partial charge on any atom is -0.315 e. The molecule has 1 aromatic rings. The fraction of sp³-hybridized carbons (Fsp3) is 0.538. The van der Waals surface area contributed by atoms with Crippen molar-refractivity contribution in [1.82, 2.24) is 10.0 Å². The summed E-state index contributed by atoms with van der Waals surface area (Å²) in [5.74, 6) is 0. The highest BCUT2D eigenvalue weighted by Gasteiger charge is 2.24. The van der Waals surface area contributed by atoms with Gasteiger partial charge in [0.05, 0.1) is 9.79 Å². The van der Waals surface area contributed by atoms with Crippen molar-refractivity contribution in [2.75, 3.05) is 19.3 Å². The van der Waals surface area contributed by atoms with Crippen LogP contribution in [-0.2, 0) is 19.9 Å². The van der Waals surface area contributed by atoms with E-state index >= 15 is 0 Å². The average molecular weight is 332 g/mol. The summed E-state index contributed by atoms with van der Waals surface area (Å²) in [4.78, 5) is 0.0336. The van der Waals surface area contributed by atoms with Gasteiger partial charge in [-0.3, -0.25) is 0 Å². The van der Waals surface area contributed by atoms with E-state index in [9.17, 15) is 16.8 Å². The Hall–Kier alpha value is -0.960. The smallest absolute Gasteiger partial charge is 0.241 e. The second-order valence-corrected chi connectivity index (χ2v) is 9.06. The molecular formula is C13H20N2O4S2. The molecule has 1 aromatic carbocycles. The monoisotopic (exact) mass is 332 g/mol. The van der Waals surface area contributed by atoms with E-state index in [4.69, 9.17) is 0 Å². The van der Waals surface area contributed by atoms with Crippen molar-refractivity contribution in [2.45, 2.75) is 35.6 Å². The summed E-state index contributed by atoms with van der Waals surface area (Å²) in [5, 5.41) is 3.14. The standard InChI is InChI=1S/C13H20N2O4S2/c1-10-5-6-12(20(2,16)17)8-13(10)21(18,19)15-11-4-3-7-14-9-11/h5-6,8,11,14-15H,3-4,7,9H2,1-2H3/t11-/m0/s1. The van der Waals surface area contributed by atoms with Crippen LogP contribution in [0.15, 0.2) is 28.0 Å². The topological polar surface area (TPSA) is 92.3 Å². The van der Waals surface area contributed by atoms with E-state index in [-0.39, 0.29) is 15.8 Å². The molecule has 2 N–H and O–H groups in total. The number of sulfonamides is 1. The summed E-state index contributed by atoms with van der Waals surface area (Å²) in [6.45, 7) is 3.13. The van der Waals surface area contributed by atoms with Gasteiger partial charge in [0.15, 0.2) is 9.84 Å². The molecule has 1 saturated heterocycles. The first-order valence-corrected chi connectivity index (χ1v) is 10.1. The number of benzene rings is 1. The predicted octanol–water partition coefficient (Wildman–Crippen LogP) is 0.429. The van der Waals surface area contributed by atoms with Crippen molar-refractivity contribution in [2.24, 2.45) is 0 Å². The van der Waals surface area contributed by atoms with E-state index in [1.54, 1.807) is 6.92 Å². The second kappa shape index (κ2) is 6.04. The van der Waals surface area contributed by atoms with Crippen LogP contribution >= 0.6 is 0 Å². The molecule has 1 heterocycles. The number of piperidine rings is 1. The average Bonchev–Trinajstić information content (AvgIpc) is 2.38. The summed E-state index contributed by atoms with van der Waals surface area (Å²) < 4.78 is 50.8. The van der Waals surface area contributed by atoms with Gasteiger partial charge in [0, 0.05) is 18.8 Å². The molecule has 0 bridgehead atoms. The molecule has 0 spiro atoms. The molecule has 2 rings (SSSR count). The van der Waals surface area contributed by atoms with E-state index in [2.05, 4.69) is 10.0 Å². The highest BCUT2D eigenvalue weighted by atomic mass is 32.2. The molecule has 1 atom stereocenters. The number of rotatable bonds is 4. The molecule has 6 nitrogen and oxygen atoms in total. The molecule has 8 heteroatoms. The highest BCUT2D eigenvalue weighted by Crippen LogP contribution is 2.21. The molecule has 0 aromatic heterocycles. The van der Waals surface area contributed by atoms with Crippen molar-refractivity contribution in [3.63, 3.8) is 0 Å². The molecule has 1 aliphatic rings. The summed E-state index contributed by atoms with van der Waals surface area (Å²) >= 11 is 0. The molecule has 21 heavy (non-hydrogen) atoms. The van der Waals surface area contributed by atoms with Gasteiger partial charge in [0.1, 0.15) is 0 Å². The van der Waals surface area contributed by atoms with Crippen LogP contribution in [0.5, 0.6) is 0 Å². The first kappa shape index (κ1) is 16.4. The fourth-order valence-corrected chi connectivity index (χ4v) is 4.60. The maximum atomic E-state index is 12.5. The van der Waals surface area contributed by atoms with Gasteiger partial charge in [0.25, 0.3) is 0 Å². The molecule has 0 radical (unpaired) electrons. The zero-order valence-electron chi connectivity index (χ0n) is 12.1. The van der Waals surface area contributed by atoms with Gasteiger partial charge in [-0.15, -0.1) is 0 Å². The Morgan fingerprint density at radius 1 is 1.24 bits per heavy atom. The Kier molecular flexibility index (Phi) is 4.72. The molecule has 0 amide bonds. The van der Waals surface area contributed by atoms with Crippen molar-refractivity contribution in [3.8, 4) is 0 Å². The summed E-state index contributed by atoms with van der Waals surface area (Å²) in [7, 11) is -7.17. The van der Waals surface area contributed by atoms with E-state index in [0.29, 0.717) is 12.1 Å². The van der Waals surface area contributed by atoms with Crippen LogP contribution in [0.4, 0.5) is 0 Å². The van der Waals surface area contributed by atoms with Gasteiger partial charge in [-0.05, 0) is 44.0 Å². The number of nitrogens with one attached hydrogen (secondary N) is 2. The predicted molar refractivity (Wildman–Crippen MR) is 80.5 cm³/mol. The summed E-state index contributed by atoms with van der Waals surface area (Å²) in [6, 6.07) is 4.00. The van der Waals surface area contributed by atoms with Gasteiger partial charge in [-0.2, -0.15) is 0 Å². The Morgan fingerprint density at radius 2 is 1.95 bits per heavy atom. The summed E-state index contributed by atoms with van der Waals surface area (Å²) in [5.41, 5.74) is 0.527. The van der Waals surface area contributed by atoms with Crippen molar-refractivity contribution < 1.29 is 16.8 Å². The number of hydrogen-bond donors (Lipinski definition) is 2. The van der Waals surface area contributed by atoms with Crippen molar-refractivity contribution in [3.05, 3.63) is 23.8 Å². The van der Waals surface area contributed by atoms with Gasteiger partial charge in [0.2, 0.25) is 10.0 Å². The van der Waals surface area contributed by atoms with E-state index < -0.39 is 19.9 Å². The van der Waals surface area contributed by atoms with Crippen molar-refractivity contribution >= 4 is 19.9 Å². The van der Waals surface area contributed by atoms with Gasteiger partial charge >= 0.3 is 0 Å². The number of hydrogen-bond acceptors (Lipinski definition) is 5. The minimum atomic E-state index is -3.73. The Morgan fingerprint density at radius 3 is 2.52 bits per heavy atom. The molecule has 1 fully saturated rings. The Labute approximate surface area is 125 Å². The zero-order chi connectivity index (χ0) is 15.7. The SMILES string of the molecule is Cc1ccc(S(C)(=O)=O)cc1S(=O)(=O)N[C@H]1CCCNC1. The molecule has 0 saturated carbocycles. The third kappa shape index (κ3) is 4.03. The Bertz CT molecular complexity index is 721. The fourth-order valence-electron chi connectivity index (χ4n) is 2.34. The first-order chi connectivity index (χ1) is 9.70. The molecule has 1 aliphatic heterocycles. The third-order valence-electron chi connectivity index (χ3n) is 3.50. The van der Waals surface area contributed by atoms with Gasteiger partial charge < -0.3 is 5.32 Å². The first-order valence-electron chi connectivity index (χ1n) is 6.74. The largest absolute Gasteiger partial charge is 0.315 e. The lowest BCUT2D eigenvalue weighted by atomic mass is 10.1. The normalized spacial score (nSPS) is 20.4. The molecule has 118 valence electrons. The quantitative estimate of drug-likeness (QED) is 0.834. The maximum absolute atomic E-state index is 12.5. The van der Waals surface area contributed by atoms with E-state index in [1.165, 1.54) is 18.2 Å². The van der Waals surface area contributed by atoms with E-state index in [1.807, 2.05) is 0 Å². The molecular weight excluding hydrogens is 312 g/mol. The third-order valence-corrected chi connectivity index (χ3v) is 6.27. The number of aryl methyl sites for hydroxylation is 1. The second-order valence-electron chi connectivity index (χ2n) is 5.36. The van der Waals surface area contributed by atoms with Crippen LogP contribution in [-0.4, -0.2) is 42.2 Å². The van der Waals surface area contributed by atoms with Crippen LogP contribution in [0, 0.1) is 6.92 Å². The summed E-state index contributed by atoms with van der Waals surface area (Å²) in [6.07, 6.45) is 2.75. The lowest BCUT2D eigenvalue weighted by Gasteiger charge is -2.24. The van der Waals surface area contributed by atoms with Crippen molar-refractivity contribution in [1.29, 1.82) is 0 Å². The van der Waals surface area contributed by atoms with Crippen LogP contribution in [0.2, 0.25) is 0 Å². The molecule has 0 aliphatic carbocycles. The van der Waals surface area contributed by atoms with Crippen LogP contribution < -0.4 is 10.0 Å². The molecule has 0 unspecified atom stereocenters. The van der Waals surface area contributed by atoms with Crippen LogP contribution in [0.3, 0.4) is 0 Å². The minimum absolute atomic E-state index is 0.00949.